The third kappa shape index (κ3) is 4.83. The van der Waals surface area contributed by atoms with E-state index in [4.69, 9.17) is 0 Å². The standard InChI is InChI=1S/C21H16FNO4S/c22-17-6-12-20(13-7-17)28(26,27)23-18-8-4-16(5-9-18)21(25)14-3-15-1-10-19(24)11-2-15/h1-14,23-24H. The van der Waals surface area contributed by atoms with Gasteiger partial charge in [0.15, 0.2) is 5.78 Å². The average Bonchev–Trinajstić information content (AvgIpc) is 2.68. The van der Waals surface area contributed by atoms with Crippen LogP contribution in [-0.2, 0) is 10.0 Å². The van der Waals surface area contributed by atoms with Crippen LogP contribution in [0.2, 0.25) is 0 Å². The molecular weight excluding hydrogens is 381 g/mol. The maximum Gasteiger partial charge on any atom is 0.261 e. The lowest BCUT2D eigenvalue weighted by atomic mass is 10.1. The van der Waals surface area contributed by atoms with Crippen molar-refractivity contribution in [2.75, 3.05) is 4.72 Å². The summed E-state index contributed by atoms with van der Waals surface area (Å²) in [5.41, 5.74) is 1.43. The van der Waals surface area contributed by atoms with Crippen molar-refractivity contribution in [1.29, 1.82) is 0 Å². The monoisotopic (exact) mass is 397 g/mol. The van der Waals surface area contributed by atoms with E-state index in [0.717, 1.165) is 17.7 Å². The molecule has 0 unspecified atom stereocenters. The summed E-state index contributed by atoms with van der Waals surface area (Å²) >= 11 is 0. The number of hydrogen-bond donors (Lipinski definition) is 2. The van der Waals surface area contributed by atoms with E-state index in [9.17, 15) is 22.7 Å². The van der Waals surface area contributed by atoms with Gasteiger partial charge in [-0.2, -0.15) is 0 Å². The van der Waals surface area contributed by atoms with Gasteiger partial charge in [0, 0.05) is 11.3 Å². The number of anilines is 1. The van der Waals surface area contributed by atoms with Crippen LogP contribution >= 0.6 is 0 Å². The first-order valence-electron chi connectivity index (χ1n) is 8.23. The first-order valence-corrected chi connectivity index (χ1v) is 9.72. The highest BCUT2D eigenvalue weighted by atomic mass is 32.2. The van der Waals surface area contributed by atoms with E-state index < -0.39 is 15.8 Å². The van der Waals surface area contributed by atoms with Gasteiger partial charge in [0.1, 0.15) is 11.6 Å². The van der Waals surface area contributed by atoms with Gasteiger partial charge in [-0.15, -0.1) is 0 Å². The first-order chi connectivity index (χ1) is 13.3. The predicted octanol–water partition coefficient (Wildman–Crippen LogP) is 4.23. The lowest BCUT2D eigenvalue weighted by molar-refractivity contribution is 0.104. The van der Waals surface area contributed by atoms with Crippen LogP contribution in [0, 0.1) is 5.82 Å². The molecule has 0 aliphatic heterocycles. The topological polar surface area (TPSA) is 83.5 Å². The Morgan fingerprint density at radius 2 is 1.50 bits per heavy atom. The van der Waals surface area contributed by atoms with Crippen LogP contribution in [0.25, 0.3) is 6.08 Å². The van der Waals surface area contributed by atoms with Crippen LogP contribution in [-0.4, -0.2) is 19.3 Å². The number of aromatic hydroxyl groups is 1. The largest absolute Gasteiger partial charge is 0.508 e. The molecule has 28 heavy (non-hydrogen) atoms. The van der Waals surface area contributed by atoms with Crippen LogP contribution < -0.4 is 4.72 Å². The number of sulfonamides is 1. The van der Waals surface area contributed by atoms with Gasteiger partial charge in [0.25, 0.3) is 10.0 Å². The van der Waals surface area contributed by atoms with E-state index in [0.29, 0.717) is 5.56 Å². The highest BCUT2D eigenvalue weighted by Crippen LogP contribution is 2.18. The van der Waals surface area contributed by atoms with Crippen molar-refractivity contribution in [1.82, 2.24) is 0 Å². The molecule has 0 amide bonds. The summed E-state index contributed by atoms with van der Waals surface area (Å²) in [6.07, 6.45) is 3.01. The normalized spacial score (nSPS) is 11.5. The number of ketones is 1. The zero-order valence-electron chi connectivity index (χ0n) is 14.5. The predicted molar refractivity (Wildman–Crippen MR) is 105 cm³/mol. The Morgan fingerprint density at radius 3 is 2.11 bits per heavy atom. The van der Waals surface area contributed by atoms with Crippen molar-refractivity contribution in [2.45, 2.75) is 4.90 Å². The summed E-state index contributed by atoms with van der Waals surface area (Å²) in [7, 11) is -3.85. The average molecular weight is 397 g/mol. The third-order valence-electron chi connectivity index (χ3n) is 3.87. The van der Waals surface area contributed by atoms with Gasteiger partial charge < -0.3 is 5.11 Å². The van der Waals surface area contributed by atoms with E-state index in [-0.39, 0.29) is 22.1 Å². The fourth-order valence-electron chi connectivity index (χ4n) is 2.38. The Labute approximate surface area is 161 Å². The fraction of sp³-hybridized carbons (Fsp3) is 0. The smallest absolute Gasteiger partial charge is 0.261 e. The zero-order chi connectivity index (χ0) is 20.1. The van der Waals surface area contributed by atoms with Gasteiger partial charge in [0.05, 0.1) is 4.90 Å². The number of nitrogens with one attached hydrogen (secondary N) is 1. The van der Waals surface area contributed by atoms with Gasteiger partial charge in [-0.05, 0) is 72.3 Å². The molecule has 0 spiro atoms. The second-order valence-corrected chi connectivity index (χ2v) is 7.61. The molecule has 3 aromatic carbocycles. The summed E-state index contributed by atoms with van der Waals surface area (Å²) in [4.78, 5) is 12.2. The molecule has 7 heteroatoms. The van der Waals surface area contributed by atoms with E-state index in [1.165, 1.54) is 54.6 Å². The minimum atomic E-state index is -3.85. The zero-order valence-corrected chi connectivity index (χ0v) is 15.4. The van der Waals surface area contributed by atoms with E-state index in [2.05, 4.69) is 4.72 Å². The molecule has 0 aromatic heterocycles. The molecule has 0 saturated carbocycles. The number of carbonyl (C=O) groups excluding carboxylic acids is 1. The Balaban J connectivity index is 1.69. The van der Waals surface area contributed by atoms with Crippen LogP contribution in [0.15, 0.2) is 83.8 Å². The molecule has 2 N–H and O–H groups in total. The van der Waals surface area contributed by atoms with Crippen molar-refractivity contribution in [3.05, 3.63) is 95.8 Å². The van der Waals surface area contributed by atoms with Crippen LogP contribution in [0.3, 0.4) is 0 Å². The fourth-order valence-corrected chi connectivity index (χ4v) is 3.44. The molecular formula is C21H16FNO4S. The van der Waals surface area contributed by atoms with Gasteiger partial charge in [-0.3, -0.25) is 9.52 Å². The minimum Gasteiger partial charge on any atom is -0.508 e. The van der Waals surface area contributed by atoms with Crippen molar-refractivity contribution in [3.8, 4) is 5.75 Å². The summed E-state index contributed by atoms with van der Waals surface area (Å²) in [6.45, 7) is 0. The van der Waals surface area contributed by atoms with Crippen molar-refractivity contribution in [3.63, 3.8) is 0 Å². The number of rotatable bonds is 6. The Bertz CT molecular complexity index is 1100. The molecule has 0 fully saturated rings. The van der Waals surface area contributed by atoms with Gasteiger partial charge in [0.2, 0.25) is 0 Å². The molecule has 0 aliphatic rings. The van der Waals surface area contributed by atoms with E-state index >= 15 is 0 Å². The second kappa shape index (κ2) is 8.06. The second-order valence-electron chi connectivity index (χ2n) is 5.93. The van der Waals surface area contributed by atoms with Crippen LogP contribution in [0.1, 0.15) is 15.9 Å². The molecule has 142 valence electrons. The van der Waals surface area contributed by atoms with Gasteiger partial charge in [-0.1, -0.05) is 18.2 Å². The number of phenolic OH excluding ortho intramolecular Hbond substituents is 1. The molecule has 0 radical (unpaired) electrons. The molecule has 5 nitrogen and oxygen atoms in total. The maximum absolute atomic E-state index is 12.9. The molecule has 0 saturated heterocycles. The van der Waals surface area contributed by atoms with Crippen LogP contribution in [0.4, 0.5) is 10.1 Å². The summed E-state index contributed by atoms with van der Waals surface area (Å²) in [6, 6.07) is 16.8. The molecule has 3 aromatic rings. The number of hydrogen-bond acceptors (Lipinski definition) is 4. The third-order valence-corrected chi connectivity index (χ3v) is 5.26. The number of halogens is 1. The van der Waals surface area contributed by atoms with Crippen LogP contribution in [0.5, 0.6) is 5.75 Å². The number of phenols is 1. The number of carbonyl (C=O) groups is 1. The van der Waals surface area contributed by atoms with Crippen molar-refractivity contribution in [2.24, 2.45) is 0 Å². The Morgan fingerprint density at radius 1 is 0.893 bits per heavy atom. The molecule has 0 bridgehead atoms. The highest BCUT2D eigenvalue weighted by molar-refractivity contribution is 7.92. The maximum atomic E-state index is 12.9. The highest BCUT2D eigenvalue weighted by Gasteiger charge is 2.14. The van der Waals surface area contributed by atoms with Gasteiger partial charge >= 0.3 is 0 Å². The van der Waals surface area contributed by atoms with Crippen molar-refractivity contribution < 1.29 is 22.7 Å². The lowest BCUT2D eigenvalue weighted by Crippen LogP contribution is -2.13. The number of allylic oxidation sites excluding steroid dienone is 1. The summed E-state index contributed by atoms with van der Waals surface area (Å²) in [5.74, 6) is -0.634. The molecule has 3 rings (SSSR count). The first kappa shape index (κ1) is 19.3. The quantitative estimate of drug-likeness (QED) is 0.482. The Hall–Kier alpha value is -3.45. The van der Waals surface area contributed by atoms with Crippen molar-refractivity contribution >= 4 is 27.6 Å². The van der Waals surface area contributed by atoms with Gasteiger partial charge in [-0.25, -0.2) is 12.8 Å². The van der Waals surface area contributed by atoms with E-state index in [1.807, 2.05) is 0 Å². The molecule has 0 heterocycles. The minimum absolute atomic E-state index is 0.0640. The molecule has 0 aliphatic carbocycles. The molecule has 0 atom stereocenters. The Kier molecular flexibility index (Phi) is 5.56. The number of benzene rings is 3. The SMILES string of the molecule is O=C(C=Cc1ccc(O)cc1)c1ccc(NS(=O)(=O)c2ccc(F)cc2)cc1. The summed E-state index contributed by atoms with van der Waals surface area (Å²) in [5, 5.41) is 9.25. The van der Waals surface area contributed by atoms with E-state index in [1.54, 1.807) is 18.2 Å². The summed E-state index contributed by atoms with van der Waals surface area (Å²) < 4.78 is 39.9. The lowest BCUT2D eigenvalue weighted by Gasteiger charge is -2.08.